The van der Waals surface area contributed by atoms with Crippen molar-refractivity contribution in [1.82, 2.24) is 4.98 Å². The molecule has 1 aromatic carbocycles. The van der Waals surface area contributed by atoms with Crippen molar-refractivity contribution >= 4 is 40.5 Å². The monoisotopic (exact) mass is 297 g/mol. The Morgan fingerprint density at radius 3 is 2.89 bits per heavy atom. The third kappa shape index (κ3) is 3.34. The van der Waals surface area contributed by atoms with Gasteiger partial charge in [0, 0.05) is 16.8 Å². The first-order valence-electron chi connectivity index (χ1n) is 5.42. The average Bonchev–Trinajstić information content (AvgIpc) is 2.68. The SMILES string of the molecule is CC(=O)c1sc(CSc2cccc(Cl)c2)nc1C. The van der Waals surface area contributed by atoms with Crippen LogP contribution < -0.4 is 0 Å². The second-order valence-corrected chi connectivity index (χ2v) is 6.39. The lowest BCUT2D eigenvalue weighted by Gasteiger charge is -1.99. The Kier molecular flexibility index (Phi) is 4.43. The van der Waals surface area contributed by atoms with Crippen LogP contribution in [0.1, 0.15) is 27.3 Å². The Bertz CT molecular complexity index is 580. The Hall–Kier alpha value is -0.840. The van der Waals surface area contributed by atoms with E-state index in [4.69, 9.17) is 11.6 Å². The molecule has 0 atom stereocenters. The van der Waals surface area contributed by atoms with Crippen LogP contribution in [-0.4, -0.2) is 10.8 Å². The highest BCUT2D eigenvalue weighted by Crippen LogP contribution is 2.28. The number of thioether (sulfide) groups is 1. The summed E-state index contributed by atoms with van der Waals surface area (Å²) in [6.45, 7) is 3.45. The van der Waals surface area contributed by atoms with Crippen LogP contribution in [0.3, 0.4) is 0 Å². The highest BCUT2D eigenvalue weighted by Gasteiger charge is 2.11. The summed E-state index contributed by atoms with van der Waals surface area (Å²) in [6.07, 6.45) is 0. The summed E-state index contributed by atoms with van der Waals surface area (Å²) in [5.74, 6) is 0.850. The van der Waals surface area contributed by atoms with E-state index in [1.54, 1.807) is 18.7 Å². The molecule has 2 aromatic rings. The summed E-state index contributed by atoms with van der Waals surface area (Å²) in [7, 11) is 0. The first kappa shape index (κ1) is 13.6. The van der Waals surface area contributed by atoms with Gasteiger partial charge in [-0.05, 0) is 25.1 Å². The predicted octanol–water partition coefficient (Wildman–Crippen LogP) is 4.60. The molecule has 18 heavy (non-hydrogen) atoms. The molecule has 0 aliphatic carbocycles. The van der Waals surface area contributed by atoms with E-state index in [9.17, 15) is 4.79 Å². The van der Waals surface area contributed by atoms with E-state index < -0.39 is 0 Å². The van der Waals surface area contributed by atoms with E-state index >= 15 is 0 Å². The zero-order chi connectivity index (χ0) is 13.1. The van der Waals surface area contributed by atoms with Gasteiger partial charge in [-0.1, -0.05) is 17.7 Å². The molecule has 0 N–H and O–H groups in total. The largest absolute Gasteiger partial charge is 0.294 e. The highest BCUT2D eigenvalue weighted by molar-refractivity contribution is 7.98. The van der Waals surface area contributed by atoms with Gasteiger partial charge in [0.1, 0.15) is 5.01 Å². The molecule has 0 radical (unpaired) electrons. The van der Waals surface area contributed by atoms with Gasteiger partial charge in [-0.15, -0.1) is 23.1 Å². The number of benzene rings is 1. The molecule has 0 bridgehead atoms. The molecule has 2 nitrogen and oxygen atoms in total. The lowest BCUT2D eigenvalue weighted by molar-refractivity contribution is 0.102. The van der Waals surface area contributed by atoms with Crippen LogP contribution in [0.25, 0.3) is 0 Å². The molecule has 0 amide bonds. The maximum Gasteiger partial charge on any atom is 0.171 e. The van der Waals surface area contributed by atoms with Crippen LogP contribution in [0.4, 0.5) is 0 Å². The molecule has 0 aliphatic heterocycles. The number of aromatic nitrogens is 1. The van der Waals surface area contributed by atoms with Crippen LogP contribution in [0.2, 0.25) is 5.02 Å². The van der Waals surface area contributed by atoms with E-state index in [1.165, 1.54) is 11.3 Å². The maximum absolute atomic E-state index is 11.3. The number of hydrogen-bond acceptors (Lipinski definition) is 4. The van der Waals surface area contributed by atoms with E-state index in [2.05, 4.69) is 4.98 Å². The van der Waals surface area contributed by atoms with E-state index in [1.807, 2.05) is 31.2 Å². The molecule has 0 saturated heterocycles. The number of thiazole rings is 1. The van der Waals surface area contributed by atoms with Crippen molar-refractivity contribution in [3.05, 3.63) is 44.9 Å². The van der Waals surface area contributed by atoms with Gasteiger partial charge in [-0.25, -0.2) is 4.98 Å². The number of nitrogens with zero attached hydrogens (tertiary/aromatic N) is 1. The number of hydrogen-bond donors (Lipinski definition) is 0. The van der Waals surface area contributed by atoms with Crippen LogP contribution in [0.5, 0.6) is 0 Å². The maximum atomic E-state index is 11.3. The zero-order valence-corrected chi connectivity index (χ0v) is 12.5. The Morgan fingerprint density at radius 1 is 1.50 bits per heavy atom. The smallest absolute Gasteiger partial charge is 0.171 e. The van der Waals surface area contributed by atoms with Gasteiger partial charge in [-0.3, -0.25) is 4.79 Å². The van der Waals surface area contributed by atoms with Gasteiger partial charge in [0.05, 0.1) is 16.3 Å². The summed E-state index contributed by atoms with van der Waals surface area (Å²) in [5, 5.41) is 1.71. The number of ketones is 1. The zero-order valence-electron chi connectivity index (χ0n) is 10.1. The molecule has 1 aromatic heterocycles. The quantitative estimate of drug-likeness (QED) is 0.610. The third-order valence-corrected chi connectivity index (χ3v) is 5.00. The number of rotatable bonds is 4. The van der Waals surface area contributed by atoms with Gasteiger partial charge in [0.25, 0.3) is 0 Å². The third-order valence-electron chi connectivity index (χ3n) is 2.32. The van der Waals surface area contributed by atoms with Crippen molar-refractivity contribution in [2.45, 2.75) is 24.5 Å². The molecule has 0 unspecified atom stereocenters. The molecule has 0 aliphatic rings. The fourth-order valence-electron chi connectivity index (χ4n) is 1.54. The summed E-state index contributed by atoms with van der Waals surface area (Å²) in [5.41, 5.74) is 0.828. The van der Waals surface area contributed by atoms with Gasteiger partial charge in [-0.2, -0.15) is 0 Å². The van der Waals surface area contributed by atoms with Crippen molar-refractivity contribution in [1.29, 1.82) is 0 Å². The molecule has 0 fully saturated rings. The molecular weight excluding hydrogens is 286 g/mol. The molecule has 94 valence electrons. The standard InChI is InChI=1S/C13H12ClNOS2/c1-8-13(9(2)16)18-12(15-8)7-17-11-5-3-4-10(14)6-11/h3-6H,7H2,1-2H3. The number of halogens is 1. The van der Waals surface area contributed by atoms with Crippen molar-refractivity contribution < 1.29 is 4.79 Å². The van der Waals surface area contributed by atoms with Crippen LogP contribution in [-0.2, 0) is 5.75 Å². The van der Waals surface area contributed by atoms with Crippen molar-refractivity contribution in [2.24, 2.45) is 0 Å². The van der Waals surface area contributed by atoms with Crippen LogP contribution in [0, 0.1) is 6.92 Å². The number of Topliss-reactive ketones (excluding diaryl/α,β-unsaturated/α-hetero) is 1. The van der Waals surface area contributed by atoms with Gasteiger partial charge < -0.3 is 0 Å². The van der Waals surface area contributed by atoms with Crippen molar-refractivity contribution in [2.75, 3.05) is 0 Å². The van der Waals surface area contributed by atoms with E-state index in [0.717, 1.165) is 31.2 Å². The lowest BCUT2D eigenvalue weighted by Crippen LogP contribution is -1.89. The van der Waals surface area contributed by atoms with E-state index in [0.29, 0.717) is 0 Å². The normalized spacial score (nSPS) is 10.6. The van der Waals surface area contributed by atoms with Crippen LogP contribution >= 0.6 is 34.7 Å². The fraction of sp³-hybridized carbons (Fsp3) is 0.231. The molecule has 0 saturated carbocycles. The molecule has 1 heterocycles. The van der Waals surface area contributed by atoms with Crippen molar-refractivity contribution in [3.8, 4) is 0 Å². The molecule has 5 heteroatoms. The minimum atomic E-state index is 0.0870. The van der Waals surface area contributed by atoms with Gasteiger partial charge >= 0.3 is 0 Å². The summed E-state index contributed by atoms with van der Waals surface area (Å²) in [4.78, 5) is 17.6. The topological polar surface area (TPSA) is 30.0 Å². The summed E-state index contributed by atoms with van der Waals surface area (Å²) < 4.78 is 0. The average molecular weight is 298 g/mol. The first-order chi connectivity index (χ1) is 8.56. The first-order valence-corrected chi connectivity index (χ1v) is 7.60. The van der Waals surface area contributed by atoms with Gasteiger partial charge in [0.15, 0.2) is 5.78 Å². The Morgan fingerprint density at radius 2 is 2.28 bits per heavy atom. The second kappa shape index (κ2) is 5.87. The predicted molar refractivity (Wildman–Crippen MR) is 77.9 cm³/mol. The summed E-state index contributed by atoms with van der Waals surface area (Å²) in [6, 6.07) is 7.73. The number of aryl methyl sites for hydroxylation is 1. The Labute approximate surface area is 119 Å². The Balaban J connectivity index is 2.06. The number of carbonyl (C=O) groups excluding carboxylic acids is 1. The van der Waals surface area contributed by atoms with Crippen molar-refractivity contribution in [3.63, 3.8) is 0 Å². The summed E-state index contributed by atoms with van der Waals surface area (Å²) >= 11 is 9.08. The fourth-order valence-corrected chi connectivity index (χ4v) is 3.71. The second-order valence-electron chi connectivity index (χ2n) is 3.82. The lowest BCUT2D eigenvalue weighted by atomic mass is 10.3. The van der Waals surface area contributed by atoms with E-state index in [-0.39, 0.29) is 5.78 Å². The molecule has 0 spiro atoms. The minimum Gasteiger partial charge on any atom is -0.294 e. The highest BCUT2D eigenvalue weighted by atomic mass is 35.5. The molecular formula is C13H12ClNOS2. The molecule has 2 rings (SSSR count). The van der Waals surface area contributed by atoms with Gasteiger partial charge in [0.2, 0.25) is 0 Å². The van der Waals surface area contributed by atoms with Crippen LogP contribution in [0.15, 0.2) is 29.2 Å². The number of carbonyl (C=O) groups is 1. The minimum absolute atomic E-state index is 0.0870.